The first-order valence-electron chi connectivity index (χ1n) is 33.4. The largest absolute Gasteiger partial charge is 0.454 e. The number of allylic oxidation sites excluding steroid dienone is 12. The fraction of sp³-hybridized carbons (Fsp3) is 0.771. The standard InChI is InChI=1S/C70H123NO10/c1-4-7-10-13-16-19-22-25-26-27-28-29-30-31-32-33-34-35-36-37-38-40-43-46-49-52-55-58-65(75)81-68-67(77)66(76)64(59-72)80-70(68)79-60-61(62(73)56-53-50-47-44-42-39-23-20-17-14-11-8-5-2)71-69(78)63(74)57-54-51-48-45-41-24-21-18-15-12-9-6-3/h16,19,25-26,28-29,31-32,41,45,51,53-54,56,61-64,66-68,70,72-74,76-77H,4-15,17-18,20-24,27,30,33-40,42-44,46-50,52,55,57-60H2,1-3H3,(H,71,78)/b19-16-,26-25-,29-28-,32-31-,45-41-,54-51+,56-53+. The molecule has 0 aromatic carbocycles. The van der Waals surface area contributed by atoms with Crippen LogP contribution in [0, 0.1) is 0 Å². The van der Waals surface area contributed by atoms with Crippen LogP contribution in [0.2, 0.25) is 0 Å². The fourth-order valence-corrected chi connectivity index (χ4v) is 9.97. The van der Waals surface area contributed by atoms with Crippen LogP contribution in [-0.2, 0) is 23.8 Å². The summed E-state index contributed by atoms with van der Waals surface area (Å²) in [6.07, 6.45) is 65.0. The van der Waals surface area contributed by atoms with Gasteiger partial charge in [0.15, 0.2) is 12.4 Å². The number of hydrogen-bond donors (Lipinski definition) is 6. The van der Waals surface area contributed by atoms with Crippen molar-refractivity contribution >= 4 is 11.9 Å². The molecular formula is C70H123NO10. The molecule has 1 amide bonds. The lowest BCUT2D eigenvalue weighted by atomic mass is 9.99. The molecular weight excluding hydrogens is 1010 g/mol. The van der Waals surface area contributed by atoms with Crippen LogP contribution in [0.3, 0.4) is 0 Å². The number of aliphatic hydroxyl groups is 5. The van der Waals surface area contributed by atoms with Gasteiger partial charge in [0.2, 0.25) is 5.91 Å². The molecule has 1 aliphatic heterocycles. The van der Waals surface area contributed by atoms with Crippen molar-refractivity contribution < 1.29 is 49.3 Å². The summed E-state index contributed by atoms with van der Waals surface area (Å²) in [6, 6.07) is -1.06. The van der Waals surface area contributed by atoms with Gasteiger partial charge in [-0.3, -0.25) is 9.59 Å². The summed E-state index contributed by atoms with van der Waals surface area (Å²) < 4.78 is 17.6. The third kappa shape index (κ3) is 45.0. The molecule has 81 heavy (non-hydrogen) atoms. The lowest BCUT2D eigenvalue weighted by molar-refractivity contribution is -0.305. The van der Waals surface area contributed by atoms with Crippen molar-refractivity contribution in [2.24, 2.45) is 0 Å². The summed E-state index contributed by atoms with van der Waals surface area (Å²) in [6.45, 7) is 5.72. The summed E-state index contributed by atoms with van der Waals surface area (Å²) in [5.74, 6) is -1.27. The predicted octanol–water partition coefficient (Wildman–Crippen LogP) is 16.5. The highest BCUT2D eigenvalue weighted by Gasteiger charge is 2.47. The minimum atomic E-state index is -1.63. The molecule has 1 rings (SSSR count). The van der Waals surface area contributed by atoms with Gasteiger partial charge < -0.3 is 45.1 Å². The Morgan fingerprint density at radius 2 is 0.852 bits per heavy atom. The average molecular weight is 1140 g/mol. The molecule has 0 spiro atoms. The first-order valence-corrected chi connectivity index (χ1v) is 33.4. The van der Waals surface area contributed by atoms with Crippen LogP contribution < -0.4 is 5.32 Å². The number of esters is 1. The Morgan fingerprint density at radius 3 is 1.30 bits per heavy atom. The highest BCUT2D eigenvalue weighted by Crippen LogP contribution is 2.26. The molecule has 6 N–H and O–H groups in total. The molecule has 0 radical (unpaired) electrons. The Balaban J connectivity index is 2.59. The maximum absolute atomic E-state index is 13.4. The number of carbonyl (C=O) groups is 2. The van der Waals surface area contributed by atoms with E-state index >= 15 is 0 Å². The van der Waals surface area contributed by atoms with Crippen LogP contribution in [-0.4, -0.2) is 99.6 Å². The highest BCUT2D eigenvalue weighted by atomic mass is 16.7. The van der Waals surface area contributed by atoms with Crippen molar-refractivity contribution in [2.45, 2.75) is 333 Å². The third-order valence-corrected chi connectivity index (χ3v) is 15.3. The van der Waals surface area contributed by atoms with Gasteiger partial charge in [-0.1, -0.05) is 273 Å². The SMILES string of the molecule is CCCCC/C=C\C/C=C\C/C=C\C/C=C\CCCCCCCCCCCCCC(=O)OC1C(OCC(NC(=O)C(O)C/C=C/C/C=C\CCCCCCCC)C(O)/C=C/CCCCCCCCCCCCC)OC(CO)C(O)C1O. The number of unbranched alkanes of at least 4 members (excludes halogenated alkanes) is 31. The van der Waals surface area contributed by atoms with Crippen LogP contribution in [0.1, 0.15) is 284 Å². The first-order chi connectivity index (χ1) is 39.7. The maximum atomic E-state index is 13.4. The monoisotopic (exact) mass is 1140 g/mol. The van der Waals surface area contributed by atoms with Gasteiger partial charge in [-0.15, -0.1) is 0 Å². The van der Waals surface area contributed by atoms with E-state index in [0.29, 0.717) is 12.8 Å². The van der Waals surface area contributed by atoms with Crippen LogP contribution >= 0.6 is 0 Å². The zero-order chi connectivity index (χ0) is 58.9. The lowest BCUT2D eigenvalue weighted by Gasteiger charge is -2.41. The van der Waals surface area contributed by atoms with Gasteiger partial charge in [-0.25, -0.2) is 0 Å². The second-order valence-corrected chi connectivity index (χ2v) is 22.9. The Hall–Kier alpha value is -3.16. The average Bonchev–Trinajstić information content (AvgIpc) is 3.50. The predicted molar refractivity (Wildman–Crippen MR) is 338 cm³/mol. The topological polar surface area (TPSA) is 175 Å². The summed E-state index contributed by atoms with van der Waals surface area (Å²) >= 11 is 0. The maximum Gasteiger partial charge on any atom is 0.306 e. The van der Waals surface area contributed by atoms with Gasteiger partial charge in [0, 0.05) is 12.8 Å². The van der Waals surface area contributed by atoms with Crippen molar-refractivity contribution in [3.8, 4) is 0 Å². The molecule has 0 aromatic rings. The smallest absolute Gasteiger partial charge is 0.306 e. The number of aliphatic hydroxyl groups excluding tert-OH is 5. The summed E-state index contributed by atoms with van der Waals surface area (Å²) in [5, 5.41) is 56.9. The van der Waals surface area contributed by atoms with E-state index in [4.69, 9.17) is 14.2 Å². The van der Waals surface area contributed by atoms with Crippen molar-refractivity contribution in [1.29, 1.82) is 0 Å². The number of rotatable bonds is 56. The van der Waals surface area contributed by atoms with E-state index < -0.39 is 67.4 Å². The fourth-order valence-electron chi connectivity index (χ4n) is 9.97. The lowest BCUT2D eigenvalue weighted by Crippen LogP contribution is -2.61. The van der Waals surface area contributed by atoms with Crippen LogP contribution in [0.25, 0.3) is 0 Å². The first kappa shape index (κ1) is 75.9. The van der Waals surface area contributed by atoms with Crippen molar-refractivity contribution in [3.63, 3.8) is 0 Å². The Morgan fingerprint density at radius 1 is 0.481 bits per heavy atom. The van der Waals surface area contributed by atoms with Gasteiger partial charge in [0.05, 0.1) is 25.4 Å². The van der Waals surface area contributed by atoms with Gasteiger partial charge in [-0.05, 0) is 83.5 Å². The van der Waals surface area contributed by atoms with Gasteiger partial charge in [0.25, 0.3) is 0 Å². The molecule has 1 saturated heterocycles. The molecule has 0 aromatic heterocycles. The van der Waals surface area contributed by atoms with Gasteiger partial charge >= 0.3 is 5.97 Å². The van der Waals surface area contributed by atoms with Crippen LogP contribution in [0.4, 0.5) is 0 Å². The van der Waals surface area contributed by atoms with Gasteiger partial charge in [-0.2, -0.15) is 0 Å². The van der Waals surface area contributed by atoms with E-state index in [1.54, 1.807) is 12.2 Å². The second kappa shape index (κ2) is 57.3. The molecule has 1 aliphatic rings. The van der Waals surface area contributed by atoms with Crippen molar-refractivity contribution in [2.75, 3.05) is 13.2 Å². The molecule has 468 valence electrons. The van der Waals surface area contributed by atoms with Crippen LogP contribution in [0.5, 0.6) is 0 Å². The highest BCUT2D eigenvalue weighted by molar-refractivity contribution is 5.81. The number of carbonyl (C=O) groups excluding carboxylic acids is 2. The summed E-state index contributed by atoms with van der Waals surface area (Å²) in [4.78, 5) is 26.5. The number of ether oxygens (including phenoxy) is 3. The number of nitrogens with one attached hydrogen (secondary N) is 1. The number of amides is 1. The molecule has 0 aliphatic carbocycles. The molecule has 11 nitrogen and oxygen atoms in total. The van der Waals surface area contributed by atoms with E-state index in [2.05, 4.69) is 86.8 Å². The Labute approximate surface area is 495 Å². The normalized spacial score (nSPS) is 19.2. The minimum absolute atomic E-state index is 0.0799. The third-order valence-electron chi connectivity index (χ3n) is 15.3. The number of hydrogen-bond acceptors (Lipinski definition) is 10. The summed E-state index contributed by atoms with van der Waals surface area (Å²) in [7, 11) is 0. The second-order valence-electron chi connectivity index (χ2n) is 22.9. The Kier molecular flexibility index (Phi) is 53.6. The molecule has 0 saturated carbocycles. The van der Waals surface area contributed by atoms with E-state index in [0.717, 1.165) is 77.0 Å². The van der Waals surface area contributed by atoms with Gasteiger partial charge in [0.1, 0.15) is 24.4 Å². The molecule has 8 unspecified atom stereocenters. The quantitative estimate of drug-likeness (QED) is 0.0195. The summed E-state index contributed by atoms with van der Waals surface area (Å²) in [5.41, 5.74) is 0. The molecule has 0 bridgehead atoms. The zero-order valence-corrected chi connectivity index (χ0v) is 51.9. The van der Waals surface area contributed by atoms with Crippen molar-refractivity contribution in [1.82, 2.24) is 5.32 Å². The Bertz CT molecular complexity index is 1640. The minimum Gasteiger partial charge on any atom is -0.454 e. The van der Waals surface area contributed by atoms with E-state index in [1.165, 1.54) is 161 Å². The molecule has 11 heteroatoms. The van der Waals surface area contributed by atoms with Crippen LogP contribution in [0.15, 0.2) is 85.1 Å². The molecule has 8 atom stereocenters. The molecule has 1 fully saturated rings. The molecule has 1 heterocycles. The zero-order valence-electron chi connectivity index (χ0n) is 51.9. The van der Waals surface area contributed by atoms with E-state index in [1.807, 2.05) is 12.2 Å². The van der Waals surface area contributed by atoms with E-state index in [-0.39, 0.29) is 19.4 Å². The van der Waals surface area contributed by atoms with Crippen molar-refractivity contribution in [3.05, 3.63) is 85.1 Å². The van der Waals surface area contributed by atoms with E-state index in [9.17, 15) is 35.1 Å².